The van der Waals surface area contributed by atoms with Crippen molar-refractivity contribution in [1.82, 2.24) is 4.98 Å². The number of hydrogen-bond acceptors (Lipinski definition) is 3. The van der Waals surface area contributed by atoms with Gasteiger partial charge in [-0.15, -0.1) is 0 Å². The van der Waals surface area contributed by atoms with Crippen LogP contribution in [0.3, 0.4) is 0 Å². The van der Waals surface area contributed by atoms with Crippen LogP contribution in [-0.4, -0.2) is 4.98 Å². The van der Waals surface area contributed by atoms with Gasteiger partial charge in [-0.05, 0) is 31.0 Å². The largest absolute Gasteiger partial charge is 0.445 e. The van der Waals surface area contributed by atoms with E-state index in [1.54, 1.807) is 0 Å². The summed E-state index contributed by atoms with van der Waals surface area (Å²) in [6.45, 7) is 6.61. The molecule has 0 amide bonds. The number of nitrogens with zero attached hydrogens (tertiary/aromatic N) is 1. The molecule has 3 heteroatoms. The maximum atomic E-state index is 5.72. The molecule has 0 fully saturated rings. The minimum absolute atomic E-state index is 0.553. The van der Waals surface area contributed by atoms with Crippen molar-refractivity contribution in [3.8, 4) is 11.3 Å². The van der Waals surface area contributed by atoms with E-state index in [4.69, 9.17) is 10.2 Å². The molecule has 17 heavy (non-hydrogen) atoms. The van der Waals surface area contributed by atoms with Gasteiger partial charge in [0.05, 0.1) is 0 Å². The molecule has 0 bridgehead atoms. The summed E-state index contributed by atoms with van der Waals surface area (Å²) in [5.41, 5.74) is 10.1. The normalized spacial score (nSPS) is 10.8. The van der Waals surface area contributed by atoms with Crippen molar-refractivity contribution in [1.29, 1.82) is 0 Å². The summed E-state index contributed by atoms with van der Waals surface area (Å²) in [5, 5.41) is 0. The Morgan fingerprint density at radius 2 is 2.06 bits per heavy atom. The van der Waals surface area contributed by atoms with Gasteiger partial charge in [0.25, 0.3) is 0 Å². The van der Waals surface area contributed by atoms with Gasteiger partial charge >= 0.3 is 0 Å². The van der Waals surface area contributed by atoms with Crippen molar-refractivity contribution in [2.24, 2.45) is 5.73 Å². The van der Waals surface area contributed by atoms with Crippen LogP contribution in [0.1, 0.15) is 29.7 Å². The van der Waals surface area contributed by atoms with Crippen molar-refractivity contribution >= 4 is 0 Å². The first-order valence-electron chi connectivity index (χ1n) is 5.92. The summed E-state index contributed by atoms with van der Waals surface area (Å²) in [7, 11) is 0. The quantitative estimate of drug-likeness (QED) is 0.881. The average Bonchev–Trinajstić information content (AvgIpc) is 2.71. The number of aryl methyl sites for hydroxylation is 3. The van der Waals surface area contributed by atoms with Gasteiger partial charge in [0.1, 0.15) is 11.5 Å². The first kappa shape index (κ1) is 11.9. The van der Waals surface area contributed by atoms with Gasteiger partial charge < -0.3 is 10.2 Å². The fourth-order valence-corrected chi connectivity index (χ4v) is 1.91. The SMILES string of the molecule is CCc1nc(-c2ccc(C)c(CN)c2)c(C)o1. The third-order valence-electron chi connectivity index (χ3n) is 2.99. The highest BCUT2D eigenvalue weighted by molar-refractivity contribution is 5.62. The van der Waals surface area contributed by atoms with Crippen LogP contribution in [0.2, 0.25) is 0 Å². The van der Waals surface area contributed by atoms with E-state index in [1.165, 1.54) is 5.56 Å². The highest BCUT2D eigenvalue weighted by Gasteiger charge is 2.11. The van der Waals surface area contributed by atoms with Crippen LogP contribution in [-0.2, 0) is 13.0 Å². The molecule has 0 aliphatic rings. The molecule has 1 heterocycles. The zero-order valence-corrected chi connectivity index (χ0v) is 10.6. The molecule has 0 aliphatic carbocycles. The van der Waals surface area contributed by atoms with Crippen molar-refractivity contribution < 1.29 is 4.42 Å². The predicted molar refractivity (Wildman–Crippen MR) is 68.7 cm³/mol. The number of hydrogen-bond donors (Lipinski definition) is 1. The fraction of sp³-hybridized carbons (Fsp3) is 0.357. The number of benzene rings is 1. The maximum Gasteiger partial charge on any atom is 0.194 e. The Labute approximate surface area is 102 Å². The van der Waals surface area contributed by atoms with Crippen LogP contribution in [0.5, 0.6) is 0 Å². The molecule has 90 valence electrons. The highest BCUT2D eigenvalue weighted by atomic mass is 16.4. The maximum absolute atomic E-state index is 5.72. The second-order valence-corrected chi connectivity index (χ2v) is 4.21. The zero-order valence-electron chi connectivity index (χ0n) is 10.6. The number of nitrogens with two attached hydrogens (primary N) is 1. The Kier molecular flexibility index (Phi) is 3.29. The number of aromatic nitrogens is 1. The van der Waals surface area contributed by atoms with Crippen molar-refractivity contribution in [3.63, 3.8) is 0 Å². The standard InChI is InChI=1S/C14H18N2O/c1-4-13-16-14(10(3)17-13)11-6-5-9(2)12(7-11)8-15/h5-7H,4,8,15H2,1-3H3. The predicted octanol–water partition coefficient (Wildman–Crippen LogP) is 2.98. The molecule has 2 rings (SSSR count). The highest BCUT2D eigenvalue weighted by Crippen LogP contribution is 2.25. The molecule has 3 nitrogen and oxygen atoms in total. The van der Waals surface area contributed by atoms with Gasteiger partial charge in [0.2, 0.25) is 0 Å². The number of oxazole rings is 1. The van der Waals surface area contributed by atoms with Crippen molar-refractivity contribution in [2.45, 2.75) is 33.7 Å². The van der Waals surface area contributed by atoms with Crippen molar-refractivity contribution in [2.75, 3.05) is 0 Å². The number of rotatable bonds is 3. The summed E-state index contributed by atoms with van der Waals surface area (Å²) >= 11 is 0. The first-order valence-corrected chi connectivity index (χ1v) is 5.92. The van der Waals surface area contributed by atoms with Gasteiger partial charge in [-0.25, -0.2) is 4.98 Å². The Balaban J connectivity index is 2.48. The van der Waals surface area contributed by atoms with Gasteiger partial charge in [-0.2, -0.15) is 0 Å². The van der Waals surface area contributed by atoms with E-state index >= 15 is 0 Å². The molecular weight excluding hydrogens is 212 g/mol. The molecule has 0 unspecified atom stereocenters. The van der Waals surface area contributed by atoms with Crippen LogP contribution in [0.25, 0.3) is 11.3 Å². The molecule has 0 aliphatic heterocycles. The minimum Gasteiger partial charge on any atom is -0.445 e. The van der Waals surface area contributed by atoms with Crippen LogP contribution in [0.4, 0.5) is 0 Å². The van der Waals surface area contributed by atoms with Gasteiger partial charge in [-0.1, -0.05) is 19.1 Å². The van der Waals surface area contributed by atoms with E-state index in [0.717, 1.165) is 34.9 Å². The molecule has 0 spiro atoms. The van der Waals surface area contributed by atoms with E-state index in [1.807, 2.05) is 13.8 Å². The van der Waals surface area contributed by atoms with Crippen molar-refractivity contribution in [3.05, 3.63) is 41.0 Å². The minimum atomic E-state index is 0.553. The van der Waals surface area contributed by atoms with Crippen LogP contribution in [0, 0.1) is 13.8 Å². The van der Waals surface area contributed by atoms with E-state index < -0.39 is 0 Å². The lowest BCUT2D eigenvalue weighted by Crippen LogP contribution is -1.99. The van der Waals surface area contributed by atoms with E-state index in [9.17, 15) is 0 Å². The Morgan fingerprint density at radius 3 is 2.65 bits per heavy atom. The van der Waals surface area contributed by atoms with Crippen LogP contribution < -0.4 is 5.73 Å². The Hall–Kier alpha value is -1.61. The molecular formula is C14H18N2O. The second kappa shape index (κ2) is 4.72. The van der Waals surface area contributed by atoms with Gasteiger partial charge in [0, 0.05) is 18.5 Å². The van der Waals surface area contributed by atoms with Gasteiger partial charge in [-0.3, -0.25) is 0 Å². The molecule has 0 saturated carbocycles. The Morgan fingerprint density at radius 1 is 1.29 bits per heavy atom. The third-order valence-corrected chi connectivity index (χ3v) is 2.99. The zero-order chi connectivity index (χ0) is 12.4. The van der Waals surface area contributed by atoms with E-state index in [0.29, 0.717) is 6.54 Å². The van der Waals surface area contributed by atoms with E-state index in [2.05, 4.69) is 30.1 Å². The van der Waals surface area contributed by atoms with Gasteiger partial charge in [0.15, 0.2) is 5.89 Å². The molecule has 1 aromatic heterocycles. The van der Waals surface area contributed by atoms with Crippen LogP contribution >= 0.6 is 0 Å². The second-order valence-electron chi connectivity index (χ2n) is 4.21. The lowest BCUT2D eigenvalue weighted by atomic mass is 10.0. The summed E-state index contributed by atoms with van der Waals surface area (Å²) < 4.78 is 5.58. The smallest absolute Gasteiger partial charge is 0.194 e. The summed E-state index contributed by atoms with van der Waals surface area (Å²) in [6.07, 6.45) is 0.816. The lowest BCUT2D eigenvalue weighted by Gasteiger charge is -2.05. The molecule has 2 aromatic rings. The summed E-state index contributed by atoms with van der Waals surface area (Å²) in [6, 6.07) is 6.25. The molecule has 1 aromatic carbocycles. The topological polar surface area (TPSA) is 52.0 Å². The molecule has 0 radical (unpaired) electrons. The first-order chi connectivity index (χ1) is 8.15. The fourth-order valence-electron chi connectivity index (χ4n) is 1.91. The van der Waals surface area contributed by atoms with Crippen LogP contribution in [0.15, 0.2) is 22.6 Å². The Bertz CT molecular complexity index is 529. The molecule has 2 N–H and O–H groups in total. The third kappa shape index (κ3) is 2.24. The van der Waals surface area contributed by atoms with E-state index in [-0.39, 0.29) is 0 Å². The lowest BCUT2D eigenvalue weighted by molar-refractivity contribution is 0.477. The average molecular weight is 230 g/mol. The molecule has 0 atom stereocenters. The monoisotopic (exact) mass is 230 g/mol. The summed E-state index contributed by atoms with van der Waals surface area (Å²) in [5.74, 6) is 1.65. The molecule has 0 saturated heterocycles. The summed E-state index contributed by atoms with van der Waals surface area (Å²) in [4.78, 5) is 4.50.